The van der Waals surface area contributed by atoms with Crippen LogP contribution in [-0.2, 0) is 0 Å². The quantitative estimate of drug-likeness (QED) is 0.718. The number of rotatable bonds is 8. The number of likely N-dealkylation sites (N-methyl/N-ethyl adjacent to an activating group) is 1. The molecule has 3 N–H and O–H groups in total. The molecule has 0 fully saturated rings. The van der Waals surface area contributed by atoms with Crippen molar-refractivity contribution in [1.82, 2.24) is 4.90 Å². The van der Waals surface area contributed by atoms with Gasteiger partial charge in [-0.25, -0.2) is 0 Å². The minimum Gasteiger partial charge on any atom is -0.491 e. The number of hydrogen-bond donors (Lipinski definition) is 2. The van der Waals surface area contributed by atoms with Crippen LogP contribution in [0.2, 0.25) is 0 Å². The van der Waals surface area contributed by atoms with Crippen molar-refractivity contribution < 1.29 is 9.84 Å². The van der Waals surface area contributed by atoms with Crippen molar-refractivity contribution in [2.45, 2.75) is 39.3 Å². The third kappa shape index (κ3) is 6.26. The molecule has 1 aromatic carbocycles. The lowest BCUT2D eigenvalue weighted by Gasteiger charge is -2.28. The molecule has 0 aliphatic rings. The van der Waals surface area contributed by atoms with Crippen molar-refractivity contribution in [3.63, 3.8) is 0 Å². The van der Waals surface area contributed by atoms with E-state index in [2.05, 4.69) is 25.7 Å². The van der Waals surface area contributed by atoms with Gasteiger partial charge in [-0.15, -0.1) is 0 Å². The fourth-order valence-electron chi connectivity index (χ4n) is 2.18. The zero-order valence-corrected chi connectivity index (χ0v) is 13.0. The van der Waals surface area contributed by atoms with Crippen LogP contribution in [0.3, 0.4) is 0 Å². The van der Waals surface area contributed by atoms with E-state index in [1.54, 1.807) is 12.1 Å². The van der Waals surface area contributed by atoms with Crippen LogP contribution in [0.5, 0.6) is 5.75 Å². The molecule has 20 heavy (non-hydrogen) atoms. The average molecular weight is 280 g/mol. The summed E-state index contributed by atoms with van der Waals surface area (Å²) in [5, 5.41) is 10.0. The Labute approximate surface area is 122 Å². The second-order valence-corrected chi connectivity index (χ2v) is 5.95. The monoisotopic (exact) mass is 280 g/mol. The number of ether oxygens (including phenoxy) is 1. The molecule has 0 spiro atoms. The predicted molar refractivity (Wildman–Crippen MR) is 83.9 cm³/mol. The number of benzene rings is 1. The maximum atomic E-state index is 10.0. The molecule has 0 aromatic heterocycles. The Morgan fingerprint density at radius 3 is 2.35 bits per heavy atom. The predicted octanol–water partition coefficient (Wildman–Crippen LogP) is 2.37. The van der Waals surface area contributed by atoms with E-state index in [0.717, 1.165) is 12.2 Å². The van der Waals surface area contributed by atoms with E-state index < -0.39 is 6.10 Å². The van der Waals surface area contributed by atoms with Gasteiger partial charge < -0.3 is 20.5 Å². The molecule has 0 amide bonds. The maximum absolute atomic E-state index is 10.0. The highest BCUT2D eigenvalue weighted by Crippen LogP contribution is 2.14. The Morgan fingerprint density at radius 1 is 1.20 bits per heavy atom. The Bertz CT molecular complexity index is 379. The molecule has 2 unspecified atom stereocenters. The Balaban J connectivity index is 2.32. The van der Waals surface area contributed by atoms with Gasteiger partial charge in [0.2, 0.25) is 0 Å². The first kappa shape index (κ1) is 16.8. The Morgan fingerprint density at radius 2 is 1.80 bits per heavy atom. The van der Waals surface area contributed by atoms with Gasteiger partial charge in [0.15, 0.2) is 0 Å². The molecule has 0 heterocycles. The summed E-state index contributed by atoms with van der Waals surface area (Å²) in [7, 11) is 2.04. The molecule has 0 saturated heterocycles. The number of aliphatic hydroxyl groups excluding tert-OH is 1. The van der Waals surface area contributed by atoms with E-state index in [0.29, 0.717) is 30.8 Å². The molecule has 0 bridgehead atoms. The number of nitrogen functional groups attached to an aromatic ring is 1. The zero-order chi connectivity index (χ0) is 15.1. The molecule has 114 valence electrons. The number of nitrogens with zero attached hydrogens (tertiary/aromatic N) is 1. The molecule has 0 saturated carbocycles. The van der Waals surface area contributed by atoms with E-state index in [-0.39, 0.29) is 0 Å². The first-order chi connectivity index (χ1) is 9.38. The van der Waals surface area contributed by atoms with E-state index in [1.807, 2.05) is 19.2 Å². The molecule has 0 radical (unpaired) electrons. The third-order valence-corrected chi connectivity index (χ3v) is 3.39. The number of anilines is 1. The van der Waals surface area contributed by atoms with Crippen molar-refractivity contribution in [3.8, 4) is 5.75 Å². The van der Waals surface area contributed by atoms with Crippen LogP contribution < -0.4 is 10.5 Å². The van der Waals surface area contributed by atoms with Gasteiger partial charge >= 0.3 is 0 Å². The number of hydrogen-bond acceptors (Lipinski definition) is 4. The van der Waals surface area contributed by atoms with Gasteiger partial charge in [0.25, 0.3) is 0 Å². The van der Waals surface area contributed by atoms with Gasteiger partial charge in [-0.3, -0.25) is 0 Å². The third-order valence-electron chi connectivity index (χ3n) is 3.39. The van der Waals surface area contributed by atoms with Gasteiger partial charge in [-0.2, -0.15) is 0 Å². The lowest BCUT2D eigenvalue weighted by atomic mass is 10.0. The van der Waals surface area contributed by atoms with Crippen LogP contribution in [0.1, 0.15) is 27.2 Å². The summed E-state index contributed by atoms with van der Waals surface area (Å²) < 4.78 is 5.55. The van der Waals surface area contributed by atoms with Crippen LogP contribution in [0.25, 0.3) is 0 Å². The first-order valence-electron chi connectivity index (χ1n) is 7.25. The van der Waals surface area contributed by atoms with Gasteiger partial charge in [0.05, 0.1) is 0 Å². The molecule has 1 aromatic rings. The second-order valence-electron chi connectivity index (χ2n) is 5.95. The van der Waals surface area contributed by atoms with Crippen molar-refractivity contribution in [2.24, 2.45) is 5.92 Å². The SMILES string of the molecule is CC(C)CC(C)N(C)CC(O)COc1ccc(N)cc1. The fourth-order valence-corrected chi connectivity index (χ4v) is 2.18. The molecule has 0 aliphatic carbocycles. The minimum atomic E-state index is -0.493. The molecule has 2 atom stereocenters. The largest absolute Gasteiger partial charge is 0.491 e. The van der Waals surface area contributed by atoms with Gasteiger partial charge in [0.1, 0.15) is 18.5 Å². The van der Waals surface area contributed by atoms with E-state index in [9.17, 15) is 5.11 Å². The Kier molecular flexibility index (Phi) is 6.82. The second kappa shape index (κ2) is 8.12. The van der Waals surface area contributed by atoms with E-state index >= 15 is 0 Å². The molecule has 0 aliphatic heterocycles. The van der Waals surface area contributed by atoms with Crippen molar-refractivity contribution in [3.05, 3.63) is 24.3 Å². The van der Waals surface area contributed by atoms with Gasteiger partial charge in [-0.05, 0) is 50.6 Å². The zero-order valence-electron chi connectivity index (χ0n) is 13.0. The Hall–Kier alpha value is -1.26. The van der Waals surface area contributed by atoms with Crippen molar-refractivity contribution >= 4 is 5.69 Å². The number of aliphatic hydroxyl groups is 1. The molecule has 4 heteroatoms. The summed E-state index contributed by atoms with van der Waals surface area (Å²) in [5.41, 5.74) is 6.32. The van der Waals surface area contributed by atoms with Crippen LogP contribution in [0, 0.1) is 5.92 Å². The highest BCUT2D eigenvalue weighted by Gasteiger charge is 2.15. The normalized spacial score (nSPS) is 14.6. The molecule has 4 nitrogen and oxygen atoms in total. The topological polar surface area (TPSA) is 58.7 Å². The first-order valence-corrected chi connectivity index (χ1v) is 7.25. The summed E-state index contributed by atoms with van der Waals surface area (Å²) in [6.45, 7) is 7.52. The van der Waals surface area contributed by atoms with Crippen LogP contribution in [0.15, 0.2) is 24.3 Å². The van der Waals surface area contributed by atoms with Crippen molar-refractivity contribution in [2.75, 3.05) is 25.9 Å². The highest BCUT2D eigenvalue weighted by molar-refractivity contribution is 5.41. The maximum Gasteiger partial charge on any atom is 0.119 e. The summed E-state index contributed by atoms with van der Waals surface area (Å²) >= 11 is 0. The van der Waals surface area contributed by atoms with Crippen LogP contribution >= 0.6 is 0 Å². The number of nitrogens with two attached hydrogens (primary N) is 1. The minimum absolute atomic E-state index is 0.294. The highest BCUT2D eigenvalue weighted by atomic mass is 16.5. The summed E-state index contributed by atoms with van der Waals surface area (Å²) in [5.74, 6) is 1.40. The summed E-state index contributed by atoms with van der Waals surface area (Å²) in [4.78, 5) is 2.18. The fraction of sp³-hybridized carbons (Fsp3) is 0.625. The molecular weight excluding hydrogens is 252 g/mol. The lowest BCUT2D eigenvalue weighted by Crippen LogP contribution is -2.38. The standard InChI is InChI=1S/C16H28N2O2/c1-12(2)9-13(3)18(4)10-15(19)11-20-16-7-5-14(17)6-8-16/h5-8,12-13,15,19H,9-11,17H2,1-4H3. The summed E-state index contributed by atoms with van der Waals surface area (Å²) in [6, 6.07) is 7.67. The average Bonchev–Trinajstić information content (AvgIpc) is 2.37. The van der Waals surface area contributed by atoms with Gasteiger partial charge in [-0.1, -0.05) is 13.8 Å². The van der Waals surface area contributed by atoms with Crippen LogP contribution in [0.4, 0.5) is 5.69 Å². The van der Waals surface area contributed by atoms with Crippen molar-refractivity contribution in [1.29, 1.82) is 0 Å². The summed E-state index contributed by atoms with van der Waals surface area (Å²) in [6.07, 6.45) is 0.634. The smallest absolute Gasteiger partial charge is 0.119 e. The van der Waals surface area contributed by atoms with E-state index in [1.165, 1.54) is 0 Å². The van der Waals surface area contributed by atoms with Crippen LogP contribution in [-0.4, -0.2) is 42.4 Å². The lowest BCUT2D eigenvalue weighted by molar-refractivity contribution is 0.0623. The van der Waals surface area contributed by atoms with Gasteiger partial charge in [0, 0.05) is 18.3 Å². The molecular formula is C16H28N2O2. The molecule has 1 rings (SSSR count). The van der Waals surface area contributed by atoms with E-state index in [4.69, 9.17) is 10.5 Å².